The number of amides is 1. The number of piperazine rings is 1. The Labute approximate surface area is 251 Å². The third-order valence-corrected chi connectivity index (χ3v) is 9.25. The van der Waals surface area contributed by atoms with Crippen LogP contribution in [-0.4, -0.2) is 66.1 Å². The summed E-state index contributed by atoms with van der Waals surface area (Å²) < 4.78 is 18.9. The molecule has 0 unspecified atom stereocenters. The number of thiophene rings is 1. The third kappa shape index (κ3) is 4.92. The summed E-state index contributed by atoms with van der Waals surface area (Å²) in [6.45, 7) is 3.41. The average molecular weight is 596 g/mol. The number of fused-ring (bicyclic) bond motifs is 4. The second-order valence-corrected chi connectivity index (χ2v) is 11.6. The van der Waals surface area contributed by atoms with E-state index in [1.807, 2.05) is 53.4 Å². The molecule has 4 heterocycles. The molecule has 43 heavy (non-hydrogen) atoms. The predicted molar refractivity (Wildman–Crippen MR) is 165 cm³/mol. The molecule has 3 aromatic carbocycles. The van der Waals surface area contributed by atoms with E-state index < -0.39 is 0 Å². The highest BCUT2D eigenvalue weighted by Gasteiger charge is 2.30. The minimum atomic E-state index is -0.348. The van der Waals surface area contributed by atoms with Crippen LogP contribution in [0.4, 0.5) is 0 Å². The van der Waals surface area contributed by atoms with E-state index in [1.165, 1.54) is 23.0 Å². The van der Waals surface area contributed by atoms with Gasteiger partial charge < -0.3 is 19.1 Å². The molecule has 0 spiro atoms. The molecule has 2 aromatic heterocycles. The maximum atomic E-state index is 14.0. The number of hydrogen-bond donors (Lipinski definition) is 0. The second-order valence-electron chi connectivity index (χ2n) is 10.6. The molecule has 10 heteroatoms. The smallest absolute Gasteiger partial charge is 0.267 e. The summed E-state index contributed by atoms with van der Waals surface area (Å²) in [5.74, 6) is 1.47. The molecule has 9 nitrogen and oxygen atoms in total. The highest BCUT2D eigenvalue weighted by atomic mass is 32.1. The molecule has 1 saturated heterocycles. The van der Waals surface area contributed by atoms with Gasteiger partial charge in [0.2, 0.25) is 6.79 Å². The van der Waals surface area contributed by atoms with Crippen molar-refractivity contribution in [3.05, 3.63) is 99.2 Å². The van der Waals surface area contributed by atoms with Gasteiger partial charge in [0.05, 0.1) is 23.9 Å². The van der Waals surface area contributed by atoms with E-state index in [1.54, 1.807) is 24.3 Å². The minimum absolute atomic E-state index is 0.118. The maximum Gasteiger partial charge on any atom is 0.267 e. The van der Waals surface area contributed by atoms with Crippen LogP contribution in [0.25, 0.3) is 21.0 Å². The number of hydrogen-bond acceptors (Lipinski definition) is 8. The van der Waals surface area contributed by atoms with Crippen LogP contribution < -0.4 is 19.8 Å². The molecule has 0 atom stereocenters. The van der Waals surface area contributed by atoms with Gasteiger partial charge in [-0.15, -0.1) is 11.3 Å². The molecular formula is C33H29N3O6S. The number of aromatic nitrogens is 1. The Morgan fingerprint density at radius 3 is 2.44 bits per heavy atom. The first-order chi connectivity index (χ1) is 21.0. The summed E-state index contributed by atoms with van der Waals surface area (Å²) in [4.78, 5) is 45.5. The van der Waals surface area contributed by atoms with Crippen LogP contribution in [0.15, 0.2) is 77.6 Å². The number of ketones is 1. The number of rotatable bonds is 7. The number of benzene rings is 3. The molecule has 1 fully saturated rings. The van der Waals surface area contributed by atoms with Crippen LogP contribution in [0.5, 0.6) is 17.2 Å². The second kappa shape index (κ2) is 11.2. The molecule has 0 radical (unpaired) electrons. The lowest BCUT2D eigenvalue weighted by Gasteiger charge is -2.34. The first-order valence-electron chi connectivity index (χ1n) is 14.1. The molecular weight excluding hydrogens is 566 g/mol. The lowest BCUT2D eigenvalue weighted by Crippen LogP contribution is -2.48. The van der Waals surface area contributed by atoms with Gasteiger partial charge in [-0.1, -0.05) is 54.6 Å². The number of para-hydroxylation sites is 1. The summed E-state index contributed by atoms with van der Waals surface area (Å²) in [5, 5.41) is 1.13. The lowest BCUT2D eigenvalue weighted by atomic mass is 10.1. The van der Waals surface area contributed by atoms with Gasteiger partial charge in [0.15, 0.2) is 23.0 Å². The first kappa shape index (κ1) is 27.2. The van der Waals surface area contributed by atoms with Gasteiger partial charge in [-0.2, -0.15) is 0 Å². The minimum Gasteiger partial charge on any atom is -0.494 e. The summed E-state index contributed by atoms with van der Waals surface area (Å²) in [6, 6.07) is 22.4. The van der Waals surface area contributed by atoms with Gasteiger partial charge in [0, 0.05) is 43.7 Å². The van der Waals surface area contributed by atoms with Gasteiger partial charge in [0.25, 0.3) is 11.5 Å². The van der Waals surface area contributed by atoms with Crippen molar-refractivity contribution in [1.82, 2.24) is 14.4 Å². The summed E-state index contributed by atoms with van der Waals surface area (Å²) >= 11 is 1.28. The van der Waals surface area contributed by atoms with E-state index in [2.05, 4.69) is 4.90 Å². The van der Waals surface area contributed by atoms with E-state index in [0.29, 0.717) is 52.2 Å². The van der Waals surface area contributed by atoms with Gasteiger partial charge in [-0.05, 0) is 23.8 Å². The zero-order chi connectivity index (χ0) is 29.5. The van der Waals surface area contributed by atoms with Crippen LogP contribution in [0.1, 0.15) is 25.6 Å². The molecule has 0 aliphatic carbocycles. The fraction of sp³-hybridized carbons (Fsp3) is 0.242. The van der Waals surface area contributed by atoms with Crippen molar-refractivity contribution in [1.29, 1.82) is 0 Å². The van der Waals surface area contributed by atoms with Gasteiger partial charge in [-0.25, -0.2) is 0 Å². The van der Waals surface area contributed by atoms with Crippen molar-refractivity contribution in [3.8, 4) is 17.2 Å². The van der Waals surface area contributed by atoms with Gasteiger partial charge in [-0.3, -0.25) is 23.9 Å². The summed E-state index contributed by atoms with van der Waals surface area (Å²) in [6.07, 6.45) is 0. The van der Waals surface area contributed by atoms with E-state index in [4.69, 9.17) is 14.2 Å². The van der Waals surface area contributed by atoms with Crippen molar-refractivity contribution >= 4 is 44.0 Å². The molecule has 0 saturated carbocycles. The average Bonchev–Trinajstić information content (AvgIpc) is 3.68. The Bertz CT molecular complexity index is 1920. The number of ether oxygens (including phenoxy) is 3. The number of methoxy groups -OCH3 is 1. The van der Waals surface area contributed by atoms with E-state index in [9.17, 15) is 14.4 Å². The molecule has 218 valence electrons. The Hall–Kier alpha value is -4.67. The number of nitrogens with zero attached hydrogens (tertiary/aromatic N) is 3. The number of carbonyl (C=O) groups excluding carboxylic acids is 2. The van der Waals surface area contributed by atoms with Crippen LogP contribution in [0.3, 0.4) is 0 Å². The standard InChI is InChI=1S/C33H29N3O6S/c1-40-29-28-30(23-9-5-6-10-24(23)36(32(28)38)19-25(37)22-7-3-2-4-8-22)43-31(29)33(39)35-15-13-34(14-16-35)18-21-11-12-26-27(17-21)42-20-41-26/h2-12,17H,13-16,18-20H2,1H3. The van der Waals surface area contributed by atoms with E-state index in [0.717, 1.165) is 29.0 Å². The highest BCUT2D eigenvalue weighted by molar-refractivity contribution is 7.22. The highest BCUT2D eigenvalue weighted by Crippen LogP contribution is 2.40. The molecule has 7 rings (SSSR count). The van der Waals surface area contributed by atoms with Crippen molar-refractivity contribution in [2.45, 2.75) is 13.1 Å². The largest absolute Gasteiger partial charge is 0.494 e. The number of pyridine rings is 1. The van der Waals surface area contributed by atoms with Crippen molar-refractivity contribution in [3.63, 3.8) is 0 Å². The Kier molecular flexibility index (Phi) is 7.08. The Balaban J connectivity index is 1.17. The number of carbonyl (C=O) groups is 2. The zero-order valence-corrected chi connectivity index (χ0v) is 24.4. The Morgan fingerprint density at radius 1 is 0.907 bits per heavy atom. The third-order valence-electron chi connectivity index (χ3n) is 8.06. The molecule has 5 aromatic rings. The SMILES string of the molecule is COc1c(C(=O)N2CCN(Cc3ccc4c(c3)OCO4)CC2)sc2c1c(=O)n(CC(=O)c1ccccc1)c1ccccc21. The Morgan fingerprint density at radius 2 is 1.65 bits per heavy atom. The fourth-order valence-corrected chi connectivity index (χ4v) is 7.11. The topological polar surface area (TPSA) is 90.3 Å². The molecule has 1 amide bonds. The summed E-state index contributed by atoms with van der Waals surface area (Å²) in [5.41, 5.74) is 1.96. The van der Waals surface area contributed by atoms with E-state index in [-0.39, 0.29) is 36.3 Å². The normalized spacial score (nSPS) is 14.9. The van der Waals surface area contributed by atoms with Crippen molar-refractivity contribution < 1.29 is 23.8 Å². The predicted octanol–water partition coefficient (Wildman–Crippen LogP) is 4.79. The molecule has 2 aliphatic heterocycles. The van der Waals surface area contributed by atoms with Gasteiger partial charge in [0.1, 0.15) is 10.3 Å². The van der Waals surface area contributed by atoms with Crippen molar-refractivity contribution in [2.75, 3.05) is 40.1 Å². The number of Topliss-reactive ketones (excluding diaryl/α,β-unsaturated/α-hetero) is 1. The summed E-state index contributed by atoms with van der Waals surface area (Å²) in [7, 11) is 1.48. The maximum absolute atomic E-state index is 14.0. The molecule has 0 bridgehead atoms. The monoisotopic (exact) mass is 595 g/mol. The van der Waals surface area contributed by atoms with Crippen LogP contribution >= 0.6 is 11.3 Å². The quantitative estimate of drug-likeness (QED) is 0.250. The molecule has 2 aliphatic rings. The zero-order valence-electron chi connectivity index (χ0n) is 23.6. The lowest BCUT2D eigenvalue weighted by molar-refractivity contribution is 0.0630. The van der Waals surface area contributed by atoms with Crippen LogP contribution in [0.2, 0.25) is 0 Å². The van der Waals surface area contributed by atoms with Crippen LogP contribution in [0, 0.1) is 0 Å². The first-order valence-corrected chi connectivity index (χ1v) is 14.9. The van der Waals surface area contributed by atoms with Crippen molar-refractivity contribution in [2.24, 2.45) is 0 Å². The van der Waals surface area contributed by atoms with Gasteiger partial charge >= 0.3 is 0 Å². The molecule has 0 N–H and O–H groups in total. The van der Waals surface area contributed by atoms with E-state index >= 15 is 0 Å². The van der Waals surface area contributed by atoms with Crippen LogP contribution in [-0.2, 0) is 13.1 Å². The fourth-order valence-electron chi connectivity index (χ4n) is 5.85.